The minimum atomic E-state index is 0.259. The fraction of sp³-hybridized carbons (Fsp3) is 0.455. The lowest BCUT2D eigenvalue weighted by Crippen LogP contribution is -1.77. The zero-order chi connectivity index (χ0) is 10.2. The lowest BCUT2D eigenvalue weighted by molar-refractivity contribution is 0.475. The Hall–Kier alpha value is -1.38. The average molecular weight is 192 g/mol. The number of azo groups is 1. The van der Waals surface area contributed by atoms with Crippen molar-refractivity contribution in [2.45, 2.75) is 26.2 Å². The van der Waals surface area contributed by atoms with Crippen molar-refractivity contribution >= 4 is 5.69 Å². The van der Waals surface area contributed by atoms with Crippen LogP contribution in [-0.4, -0.2) is 11.7 Å². The van der Waals surface area contributed by atoms with Gasteiger partial charge in [0.2, 0.25) is 0 Å². The summed E-state index contributed by atoms with van der Waals surface area (Å²) < 4.78 is 0. The van der Waals surface area contributed by atoms with Crippen molar-refractivity contribution in [1.82, 2.24) is 0 Å². The normalized spacial score (nSPS) is 10.9. The molecule has 1 aromatic carbocycles. The fourth-order valence-corrected chi connectivity index (χ4v) is 1.08. The molecular weight excluding hydrogens is 176 g/mol. The molecule has 0 unspecified atom stereocenters. The van der Waals surface area contributed by atoms with E-state index in [1.807, 2.05) is 0 Å². The quantitative estimate of drug-likeness (QED) is 0.561. The van der Waals surface area contributed by atoms with Crippen LogP contribution in [0.5, 0.6) is 5.75 Å². The summed E-state index contributed by atoms with van der Waals surface area (Å²) in [4.78, 5) is 0. The maximum absolute atomic E-state index is 9.03. The summed E-state index contributed by atoms with van der Waals surface area (Å²) in [6, 6.07) is 6.72. The van der Waals surface area contributed by atoms with Gasteiger partial charge in [0.15, 0.2) is 0 Å². The van der Waals surface area contributed by atoms with Gasteiger partial charge in [0.1, 0.15) is 5.75 Å². The van der Waals surface area contributed by atoms with E-state index in [-0.39, 0.29) is 5.75 Å². The third kappa shape index (κ3) is 4.03. The van der Waals surface area contributed by atoms with Crippen molar-refractivity contribution in [1.29, 1.82) is 0 Å². The maximum atomic E-state index is 9.03. The van der Waals surface area contributed by atoms with E-state index in [2.05, 4.69) is 17.2 Å². The van der Waals surface area contributed by atoms with Crippen LogP contribution in [0.1, 0.15) is 26.2 Å². The van der Waals surface area contributed by atoms with Crippen LogP contribution in [0.15, 0.2) is 34.5 Å². The minimum absolute atomic E-state index is 0.259. The van der Waals surface area contributed by atoms with Crippen molar-refractivity contribution in [2.24, 2.45) is 10.2 Å². The van der Waals surface area contributed by atoms with Gasteiger partial charge in [-0.15, -0.1) is 0 Å². The van der Waals surface area contributed by atoms with E-state index in [1.54, 1.807) is 24.3 Å². The van der Waals surface area contributed by atoms with Crippen molar-refractivity contribution in [2.75, 3.05) is 6.54 Å². The number of phenols is 1. The summed E-state index contributed by atoms with van der Waals surface area (Å²) in [6.45, 7) is 2.95. The molecular formula is C11H16N2O. The Morgan fingerprint density at radius 2 is 1.86 bits per heavy atom. The molecule has 1 N–H and O–H groups in total. The maximum Gasteiger partial charge on any atom is 0.115 e. The van der Waals surface area contributed by atoms with Gasteiger partial charge in [-0.3, -0.25) is 0 Å². The smallest absolute Gasteiger partial charge is 0.115 e. The second-order valence-electron chi connectivity index (χ2n) is 3.19. The summed E-state index contributed by atoms with van der Waals surface area (Å²) in [5.74, 6) is 0.259. The van der Waals surface area contributed by atoms with E-state index >= 15 is 0 Å². The number of hydrogen-bond donors (Lipinski definition) is 1. The van der Waals surface area contributed by atoms with Crippen molar-refractivity contribution in [3.05, 3.63) is 24.3 Å². The molecule has 0 saturated heterocycles. The Morgan fingerprint density at radius 1 is 1.14 bits per heavy atom. The summed E-state index contributed by atoms with van der Waals surface area (Å²) in [5, 5.41) is 17.1. The first kappa shape index (κ1) is 10.7. The zero-order valence-corrected chi connectivity index (χ0v) is 8.48. The van der Waals surface area contributed by atoms with Crippen LogP contribution < -0.4 is 0 Å². The van der Waals surface area contributed by atoms with Crippen LogP contribution in [-0.2, 0) is 0 Å². The van der Waals surface area contributed by atoms with Crippen molar-refractivity contribution in [3.8, 4) is 5.75 Å². The predicted octanol–water partition coefficient (Wildman–Crippen LogP) is 3.67. The molecule has 76 valence electrons. The van der Waals surface area contributed by atoms with E-state index in [0.717, 1.165) is 18.7 Å². The molecule has 0 aliphatic rings. The number of rotatable bonds is 5. The monoisotopic (exact) mass is 192 g/mol. The third-order valence-electron chi connectivity index (χ3n) is 1.90. The van der Waals surface area contributed by atoms with Crippen LogP contribution in [0.4, 0.5) is 5.69 Å². The first-order chi connectivity index (χ1) is 6.83. The molecule has 0 radical (unpaired) electrons. The lowest BCUT2D eigenvalue weighted by Gasteiger charge is -1.93. The van der Waals surface area contributed by atoms with Crippen LogP contribution in [0.25, 0.3) is 0 Å². The topological polar surface area (TPSA) is 45.0 Å². The fourth-order valence-electron chi connectivity index (χ4n) is 1.08. The number of aromatic hydroxyl groups is 1. The van der Waals surface area contributed by atoms with Crippen LogP contribution in [0.3, 0.4) is 0 Å². The van der Waals surface area contributed by atoms with Gasteiger partial charge in [-0.2, -0.15) is 10.2 Å². The molecule has 0 atom stereocenters. The van der Waals surface area contributed by atoms with Gasteiger partial charge in [-0.05, 0) is 30.7 Å². The molecule has 0 bridgehead atoms. The van der Waals surface area contributed by atoms with Crippen molar-refractivity contribution in [3.63, 3.8) is 0 Å². The molecule has 3 nitrogen and oxygen atoms in total. The number of benzene rings is 1. The highest BCUT2D eigenvalue weighted by Gasteiger charge is 1.89. The number of hydrogen-bond acceptors (Lipinski definition) is 3. The van der Waals surface area contributed by atoms with Crippen LogP contribution in [0.2, 0.25) is 0 Å². The second-order valence-corrected chi connectivity index (χ2v) is 3.19. The summed E-state index contributed by atoms with van der Waals surface area (Å²) in [5.41, 5.74) is 0.791. The average Bonchev–Trinajstić information content (AvgIpc) is 2.21. The minimum Gasteiger partial charge on any atom is -0.508 e. The van der Waals surface area contributed by atoms with Gasteiger partial charge in [0.25, 0.3) is 0 Å². The predicted molar refractivity (Wildman–Crippen MR) is 57.0 cm³/mol. The molecule has 0 aromatic heterocycles. The molecule has 1 rings (SSSR count). The Labute approximate surface area is 84.5 Å². The molecule has 0 aliphatic heterocycles. The molecule has 0 fully saturated rings. The highest BCUT2D eigenvalue weighted by Crippen LogP contribution is 2.16. The molecule has 0 amide bonds. The Morgan fingerprint density at radius 3 is 2.50 bits per heavy atom. The van der Waals surface area contributed by atoms with Gasteiger partial charge in [-0.1, -0.05) is 19.8 Å². The molecule has 0 spiro atoms. The van der Waals surface area contributed by atoms with Gasteiger partial charge in [0.05, 0.1) is 12.2 Å². The van der Waals surface area contributed by atoms with Crippen LogP contribution >= 0.6 is 0 Å². The molecule has 1 aromatic rings. The van der Waals surface area contributed by atoms with Gasteiger partial charge < -0.3 is 5.11 Å². The third-order valence-corrected chi connectivity index (χ3v) is 1.90. The largest absolute Gasteiger partial charge is 0.508 e. The van der Waals surface area contributed by atoms with E-state index < -0.39 is 0 Å². The molecule has 0 heterocycles. The summed E-state index contributed by atoms with van der Waals surface area (Å²) in [6.07, 6.45) is 3.50. The summed E-state index contributed by atoms with van der Waals surface area (Å²) >= 11 is 0. The lowest BCUT2D eigenvalue weighted by atomic mass is 10.3. The van der Waals surface area contributed by atoms with Crippen LogP contribution in [0, 0.1) is 0 Å². The number of nitrogens with zero attached hydrogens (tertiary/aromatic N) is 2. The second kappa shape index (κ2) is 6.13. The van der Waals surface area contributed by atoms with Crippen molar-refractivity contribution < 1.29 is 5.11 Å². The van der Waals surface area contributed by atoms with E-state index in [9.17, 15) is 0 Å². The van der Waals surface area contributed by atoms with Gasteiger partial charge in [-0.25, -0.2) is 0 Å². The Balaban J connectivity index is 2.33. The van der Waals surface area contributed by atoms with Gasteiger partial charge >= 0.3 is 0 Å². The Kier molecular flexibility index (Phi) is 4.69. The Bertz CT molecular complexity index is 280. The SMILES string of the molecule is CCCCC/N=N/c1ccc(O)cc1. The van der Waals surface area contributed by atoms with Gasteiger partial charge in [0, 0.05) is 0 Å². The highest BCUT2D eigenvalue weighted by molar-refractivity contribution is 5.39. The highest BCUT2D eigenvalue weighted by atomic mass is 16.3. The zero-order valence-electron chi connectivity index (χ0n) is 8.48. The first-order valence-corrected chi connectivity index (χ1v) is 4.99. The number of unbranched alkanes of at least 4 members (excludes halogenated alkanes) is 2. The standard InChI is InChI=1S/C11H16N2O/c1-2-3-4-9-12-13-10-5-7-11(14)8-6-10/h5-8,14H,2-4,9H2,1H3/b13-12+. The van der Waals surface area contributed by atoms with E-state index in [4.69, 9.17) is 5.11 Å². The molecule has 3 heteroatoms. The number of phenolic OH excluding ortho intramolecular Hbond substituents is 1. The first-order valence-electron chi connectivity index (χ1n) is 4.99. The van der Waals surface area contributed by atoms with E-state index in [0.29, 0.717) is 0 Å². The van der Waals surface area contributed by atoms with E-state index in [1.165, 1.54) is 12.8 Å². The summed E-state index contributed by atoms with van der Waals surface area (Å²) in [7, 11) is 0. The molecule has 14 heavy (non-hydrogen) atoms. The molecule has 0 saturated carbocycles. The molecule has 0 aliphatic carbocycles.